The molecular weight excluding hydrogens is 436 g/mol. The van der Waals surface area contributed by atoms with Crippen LogP contribution in [-0.2, 0) is 6.54 Å². The number of hydrogen-bond acceptors (Lipinski definition) is 6. The van der Waals surface area contributed by atoms with Gasteiger partial charge < -0.3 is 9.64 Å². The Bertz CT molecular complexity index is 1250. The second-order valence-electron chi connectivity index (χ2n) is 8.95. The minimum absolute atomic E-state index is 0.0272. The molecule has 1 aromatic heterocycles. The predicted molar refractivity (Wildman–Crippen MR) is 127 cm³/mol. The molecule has 2 aliphatic heterocycles. The van der Waals surface area contributed by atoms with Crippen molar-refractivity contribution in [3.63, 3.8) is 0 Å². The number of nitro benzene ring substituents is 1. The summed E-state index contributed by atoms with van der Waals surface area (Å²) >= 11 is 1.93. The molecular formula is C25H24N4O3S. The number of aromatic amines is 1. The summed E-state index contributed by atoms with van der Waals surface area (Å²) in [5.74, 6) is 1.42. The number of nitrogens with one attached hydrogen (secondary N) is 1. The quantitative estimate of drug-likeness (QED) is 0.389. The second kappa shape index (κ2) is 7.66. The lowest BCUT2D eigenvalue weighted by Crippen LogP contribution is -2.40. The highest BCUT2D eigenvalue weighted by Gasteiger charge is 2.53. The average molecular weight is 461 g/mol. The molecule has 3 aromatic rings. The Morgan fingerprint density at radius 2 is 1.91 bits per heavy atom. The Hall–Kier alpha value is -3.26. The highest BCUT2D eigenvalue weighted by molar-refractivity contribution is 8.04. The van der Waals surface area contributed by atoms with Crippen molar-refractivity contribution in [2.75, 3.05) is 0 Å². The number of non-ortho nitro benzene ring substituents is 1. The molecule has 1 spiro atoms. The second-order valence-corrected chi connectivity index (χ2v) is 10.4. The van der Waals surface area contributed by atoms with Gasteiger partial charge in [-0.1, -0.05) is 67.1 Å². The Kier molecular flexibility index (Phi) is 4.72. The van der Waals surface area contributed by atoms with E-state index in [0.29, 0.717) is 5.88 Å². The molecule has 33 heavy (non-hydrogen) atoms. The monoisotopic (exact) mass is 460 g/mol. The zero-order valence-corrected chi connectivity index (χ0v) is 19.1. The molecule has 1 fully saturated rings. The molecule has 1 aliphatic carbocycles. The van der Waals surface area contributed by atoms with Gasteiger partial charge in [0.2, 0.25) is 11.8 Å². The maximum absolute atomic E-state index is 11.2. The van der Waals surface area contributed by atoms with E-state index in [1.807, 2.05) is 36.9 Å². The molecule has 1 N–H and O–H groups in total. The maximum Gasteiger partial charge on any atom is 0.269 e. The number of H-pyrrole nitrogens is 1. The standard InChI is InChI=1S/C25H24N4O3S/c1-16-20-21(18-9-11-19(12-10-18)29(30)31)22-24(32-23(20)27-26-16)28(15-17-7-3-2-4-8-17)25(33-22)13-5-6-14-25/h2-4,7-12,21H,5-6,13-15H2,1H3,(H,26,27). The molecule has 8 heteroatoms. The molecule has 0 saturated heterocycles. The summed E-state index contributed by atoms with van der Waals surface area (Å²) in [5, 5.41) is 18.8. The lowest BCUT2D eigenvalue weighted by Gasteiger charge is -2.37. The van der Waals surface area contributed by atoms with E-state index in [2.05, 4.69) is 39.4 Å². The highest BCUT2D eigenvalue weighted by atomic mass is 32.2. The van der Waals surface area contributed by atoms with E-state index >= 15 is 0 Å². The van der Waals surface area contributed by atoms with Gasteiger partial charge in [-0.15, -0.1) is 5.10 Å². The molecule has 6 rings (SSSR count). The Labute approximate surface area is 196 Å². The minimum Gasteiger partial charge on any atom is -0.420 e. The molecule has 1 atom stereocenters. The van der Waals surface area contributed by atoms with Gasteiger partial charge >= 0.3 is 0 Å². The van der Waals surface area contributed by atoms with Crippen LogP contribution in [-0.4, -0.2) is 24.9 Å². The third-order valence-electron chi connectivity index (χ3n) is 6.96. The number of fused-ring (bicyclic) bond motifs is 1. The van der Waals surface area contributed by atoms with Crippen LogP contribution in [0.4, 0.5) is 5.69 Å². The van der Waals surface area contributed by atoms with Crippen LogP contribution < -0.4 is 4.74 Å². The molecule has 0 amide bonds. The number of allylic oxidation sites excluding steroid dienone is 1. The van der Waals surface area contributed by atoms with Crippen LogP contribution in [0.5, 0.6) is 5.88 Å². The van der Waals surface area contributed by atoms with Crippen LogP contribution >= 0.6 is 11.8 Å². The minimum atomic E-state index is -0.355. The van der Waals surface area contributed by atoms with Gasteiger partial charge in [0.05, 0.1) is 20.6 Å². The summed E-state index contributed by atoms with van der Waals surface area (Å²) in [5.41, 5.74) is 4.34. The van der Waals surface area contributed by atoms with Gasteiger partial charge in [-0.2, -0.15) is 0 Å². The number of aryl methyl sites for hydroxylation is 1. The number of aromatic nitrogens is 2. The summed E-state index contributed by atoms with van der Waals surface area (Å²) in [7, 11) is 0. The molecule has 3 heterocycles. The van der Waals surface area contributed by atoms with E-state index in [1.54, 1.807) is 12.1 Å². The van der Waals surface area contributed by atoms with Crippen molar-refractivity contribution in [3.05, 3.63) is 97.9 Å². The summed E-state index contributed by atoms with van der Waals surface area (Å²) in [6, 6.07) is 17.4. The summed E-state index contributed by atoms with van der Waals surface area (Å²) in [6.45, 7) is 2.78. The number of ether oxygens (including phenoxy) is 1. The molecule has 0 radical (unpaired) electrons. The first-order valence-corrected chi connectivity index (χ1v) is 12.1. The SMILES string of the molecule is Cc1[nH]nc2c1C(c1ccc([N+](=O)[O-])cc1)C1=C(O2)N(Cc2ccccc2)C2(CCCC2)S1. The third kappa shape index (κ3) is 3.23. The summed E-state index contributed by atoms with van der Waals surface area (Å²) < 4.78 is 6.50. The fourth-order valence-electron chi connectivity index (χ4n) is 5.35. The van der Waals surface area contributed by atoms with Crippen LogP contribution in [0.1, 0.15) is 54.0 Å². The molecule has 1 saturated carbocycles. The molecule has 7 nitrogen and oxygen atoms in total. The van der Waals surface area contributed by atoms with E-state index in [-0.39, 0.29) is 21.4 Å². The number of rotatable bonds is 4. The van der Waals surface area contributed by atoms with Gasteiger partial charge in [-0.05, 0) is 30.9 Å². The predicted octanol–water partition coefficient (Wildman–Crippen LogP) is 5.84. The molecule has 3 aliphatic rings. The number of thioether (sulfide) groups is 1. The number of hydrogen-bond donors (Lipinski definition) is 1. The Morgan fingerprint density at radius 1 is 1.18 bits per heavy atom. The molecule has 168 valence electrons. The molecule has 1 unspecified atom stereocenters. The third-order valence-corrected chi connectivity index (χ3v) is 8.60. The summed E-state index contributed by atoms with van der Waals surface area (Å²) in [4.78, 5) is 14.5. The Balaban J connectivity index is 1.48. The van der Waals surface area contributed by atoms with Crippen LogP contribution in [0.2, 0.25) is 0 Å². The summed E-state index contributed by atoms with van der Waals surface area (Å²) in [6.07, 6.45) is 4.61. The van der Waals surface area contributed by atoms with Gasteiger partial charge in [0.25, 0.3) is 5.69 Å². The van der Waals surface area contributed by atoms with E-state index < -0.39 is 0 Å². The number of benzene rings is 2. The molecule has 2 aromatic carbocycles. The fraction of sp³-hybridized carbons (Fsp3) is 0.320. The van der Waals surface area contributed by atoms with E-state index in [4.69, 9.17) is 4.74 Å². The fourth-order valence-corrected chi connectivity index (χ4v) is 7.12. The number of nitro groups is 1. The van der Waals surface area contributed by atoms with Crippen molar-refractivity contribution in [1.82, 2.24) is 15.1 Å². The van der Waals surface area contributed by atoms with Crippen molar-refractivity contribution in [1.29, 1.82) is 0 Å². The largest absolute Gasteiger partial charge is 0.420 e. The lowest BCUT2D eigenvalue weighted by atomic mass is 9.89. The van der Waals surface area contributed by atoms with E-state index in [0.717, 1.165) is 42.1 Å². The Morgan fingerprint density at radius 3 is 2.61 bits per heavy atom. The van der Waals surface area contributed by atoms with Crippen molar-refractivity contribution < 1.29 is 9.66 Å². The van der Waals surface area contributed by atoms with Crippen molar-refractivity contribution in [3.8, 4) is 5.88 Å². The first-order chi connectivity index (χ1) is 16.1. The zero-order valence-electron chi connectivity index (χ0n) is 18.3. The number of nitrogens with zero attached hydrogens (tertiary/aromatic N) is 3. The van der Waals surface area contributed by atoms with Gasteiger partial charge in [0.1, 0.15) is 0 Å². The van der Waals surface area contributed by atoms with Crippen LogP contribution in [0.3, 0.4) is 0 Å². The van der Waals surface area contributed by atoms with Gasteiger partial charge in [-0.3, -0.25) is 15.2 Å². The van der Waals surface area contributed by atoms with Crippen LogP contribution in [0, 0.1) is 17.0 Å². The van der Waals surface area contributed by atoms with E-state index in [1.165, 1.54) is 23.3 Å². The van der Waals surface area contributed by atoms with Gasteiger partial charge in [0.15, 0.2) is 0 Å². The lowest BCUT2D eigenvalue weighted by molar-refractivity contribution is -0.384. The highest BCUT2D eigenvalue weighted by Crippen LogP contribution is 2.62. The van der Waals surface area contributed by atoms with Crippen LogP contribution in [0.15, 0.2) is 65.4 Å². The first kappa shape index (κ1) is 20.4. The zero-order chi connectivity index (χ0) is 22.6. The topological polar surface area (TPSA) is 84.3 Å². The smallest absolute Gasteiger partial charge is 0.269 e. The maximum atomic E-state index is 11.2. The van der Waals surface area contributed by atoms with Crippen molar-refractivity contribution >= 4 is 17.4 Å². The van der Waals surface area contributed by atoms with Crippen LogP contribution in [0.25, 0.3) is 0 Å². The first-order valence-electron chi connectivity index (χ1n) is 11.3. The van der Waals surface area contributed by atoms with Crippen molar-refractivity contribution in [2.24, 2.45) is 0 Å². The van der Waals surface area contributed by atoms with E-state index in [9.17, 15) is 10.1 Å². The average Bonchev–Trinajstić information content (AvgIpc) is 3.53. The normalized spacial score (nSPS) is 20.6. The van der Waals surface area contributed by atoms with Gasteiger partial charge in [-0.25, -0.2) is 0 Å². The van der Waals surface area contributed by atoms with Gasteiger partial charge in [0, 0.05) is 29.9 Å². The van der Waals surface area contributed by atoms with Crippen molar-refractivity contribution in [2.45, 2.75) is 49.9 Å². The molecule has 0 bridgehead atoms.